The zero-order valence-corrected chi connectivity index (χ0v) is 7.78. The Morgan fingerprint density at radius 3 is 3.21 bits per heavy atom. The van der Waals surface area contributed by atoms with Gasteiger partial charge in [0.25, 0.3) is 0 Å². The van der Waals surface area contributed by atoms with Crippen molar-refractivity contribution < 1.29 is 9.21 Å². The van der Waals surface area contributed by atoms with Gasteiger partial charge < -0.3 is 9.73 Å². The van der Waals surface area contributed by atoms with E-state index in [9.17, 15) is 4.79 Å². The monoisotopic (exact) mass is 190 g/mol. The van der Waals surface area contributed by atoms with Crippen molar-refractivity contribution in [3.05, 3.63) is 24.6 Å². The highest BCUT2D eigenvalue weighted by molar-refractivity contribution is 5.82. The Balaban J connectivity index is 2.21. The van der Waals surface area contributed by atoms with E-state index in [1.165, 1.54) is 6.39 Å². The van der Waals surface area contributed by atoms with Crippen LogP contribution in [0.4, 0.5) is 5.69 Å². The molecule has 0 aliphatic carbocycles. The lowest BCUT2D eigenvalue weighted by atomic mass is 10.3. The van der Waals surface area contributed by atoms with Crippen molar-refractivity contribution in [2.45, 2.75) is 6.92 Å². The standard InChI is InChI=1S/C10H10N2O2/c1-7(13)5-11-8-2-3-9-10(4-8)14-6-12-9/h2-4,6,11H,5H2,1H3. The van der Waals surface area contributed by atoms with Gasteiger partial charge in [-0.1, -0.05) is 0 Å². The molecule has 2 rings (SSSR count). The van der Waals surface area contributed by atoms with Crippen LogP contribution < -0.4 is 5.32 Å². The number of Topliss-reactive ketones (excluding diaryl/α,β-unsaturated/α-hetero) is 1. The summed E-state index contributed by atoms with van der Waals surface area (Å²) in [4.78, 5) is 14.7. The molecular formula is C10H10N2O2. The summed E-state index contributed by atoms with van der Waals surface area (Å²) in [6, 6.07) is 5.54. The molecule has 0 fully saturated rings. The van der Waals surface area contributed by atoms with Gasteiger partial charge in [-0.2, -0.15) is 0 Å². The fourth-order valence-corrected chi connectivity index (χ4v) is 1.19. The molecule has 0 amide bonds. The number of ketones is 1. The van der Waals surface area contributed by atoms with E-state index < -0.39 is 0 Å². The molecule has 0 radical (unpaired) electrons. The molecule has 1 aromatic heterocycles. The zero-order valence-electron chi connectivity index (χ0n) is 7.78. The lowest BCUT2D eigenvalue weighted by molar-refractivity contribution is -0.115. The highest BCUT2D eigenvalue weighted by Gasteiger charge is 2.00. The first kappa shape index (κ1) is 8.74. The Morgan fingerprint density at radius 2 is 2.43 bits per heavy atom. The lowest BCUT2D eigenvalue weighted by Crippen LogP contribution is -2.09. The quantitative estimate of drug-likeness (QED) is 0.802. The SMILES string of the molecule is CC(=O)CNc1ccc2ncoc2c1. The van der Waals surface area contributed by atoms with Gasteiger partial charge >= 0.3 is 0 Å². The Hall–Kier alpha value is -1.84. The maximum atomic E-state index is 10.7. The molecule has 2 aromatic rings. The van der Waals surface area contributed by atoms with Gasteiger partial charge in [-0.05, 0) is 19.1 Å². The molecule has 72 valence electrons. The molecule has 0 unspecified atom stereocenters. The first-order chi connectivity index (χ1) is 6.75. The molecule has 0 aliphatic heterocycles. The number of hydrogen-bond acceptors (Lipinski definition) is 4. The van der Waals surface area contributed by atoms with Gasteiger partial charge in [0, 0.05) is 11.8 Å². The molecule has 4 nitrogen and oxygen atoms in total. The third kappa shape index (κ3) is 1.74. The Labute approximate surface area is 80.9 Å². The van der Waals surface area contributed by atoms with Crippen LogP contribution in [0.2, 0.25) is 0 Å². The number of benzene rings is 1. The third-order valence-corrected chi connectivity index (χ3v) is 1.87. The fourth-order valence-electron chi connectivity index (χ4n) is 1.19. The minimum absolute atomic E-state index is 0.0997. The maximum absolute atomic E-state index is 10.7. The van der Waals surface area contributed by atoms with Crippen molar-refractivity contribution in [3.8, 4) is 0 Å². The van der Waals surface area contributed by atoms with E-state index in [1.54, 1.807) is 6.92 Å². The third-order valence-electron chi connectivity index (χ3n) is 1.87. The van der Waals surface area contributed by atoms with Crippen molar-refractivity contribution in [1.82, 2.24) is 4.98 Å². The van der Waals surface area contributed by atoms with Crippen LogP contribution in [-0.2, 0) is 4.79 Å². The van der Waals surface area contributed by atoms with Crippen molar-refractivity contribution in [3.63, 3.8) is 0 Å². The Morgan fingerprint density at radius 1 is 1.57 bits per heavy atom. The normalized spacial score (nSPS) is 10.4. The fraction of sp³-hybridized carbons (Fsp3) is 0.200. The second kappa shape index (κ2) is 3.49. The number of rotatable bonds is 3. The van der Waals surface area contributed by atoms with Gasteiger partial charge in [0.15, 0.2) is 12.0 Å². The lowest BCUT2D eigenvalue weighted by Gasteiger charge is -2.02. The summed E-state index contributed by atoms with van der Waals surface area (Å²) in [6.45, 7) is 1.87. The number of aromatic nitrogens is 1. The predicted octanol–water partition coefficient (Wildman–Crippen LogP) is 1.83. The number of carbonyl (C=O) groups is 1. The van der Waals surface area contributed by atoms with E-state index in [0.29, 0.717) is 6.54 Å². The van der Waals surface area contributed by atoms with Gasteiger partial charge in [-0.25, -0.2) is 4.98 Å². The predicted molar refractivity (Wildman–Crippen MR) is 53.2 cm³/mol. The summed E-state index contributed by atoms with van der Waals surface area (Å²) in [5.74, 6) is 0.0997. The van der Waals surface area contributed by atoms with Crippen molar-refractivity contribution in [2.24, 2.45) is 0 Å². The first-order valence-electron chi connectivity index (χ1n) is 4.32. The summed E-state index contributed by atoms with van der Waals surface area (Å²) in [6.07, 6.45) is 1.40. The average molecular weight is 190 g/mol. The maximum Gasteiger partial charge on any atom is 0.181 e. The topological polar surface area (TPSA) is 55.1 Å². The Kier molecular flexibility index (Phi) is 2.18. The van der Waals surface area contributed by atoms with E-state index >= 15 is 0 Å². The molecular weight excluding hydrogens is 180 g/mol. The van der Waals surface area contributed by atoms with Crippen LogP contribution in [0.5, 0.6) is 0 Å². The van der Waals surface area contributed by atoms with Crippen LogP contribution in [0.1, 0.15) is 6.92 Å². The van der Waals surface area contributed by atoms with E-state index in [-0.39, 0.29) is 5.78 Å². The van der Waals surface area contributed by atoms with Gasteiger partial charge in [0.2, 0.25) is 0 Å². The van der Waals surface area contributed by atoms with Crippen LogP contribution in [0, 0.1) is 0 Å². The molecule has 0 bridgehead atoms. The van der Waals surface area contributed by atoms with E-state index in [0.717, 1.165) is 16.8 Å². The summed E-state index contributed by atoms with van der Waals surface area (Å²) < 4.78 is 5.13. The van der Waals surface area contributed by atoms with Crippen LogP contribution in [0.25, 0.3) is 11.1 Å². The van der Waals surface area contributed by atoms with Crippen molar-refractivity contribution in [1.29, 1.82) is 0 Å². The van der Waals surface area contributed by atoms with Crippen molar-refractivity contribution in [2.75, 3.05) is 11.9 Å². The molecule has 0 atom stereocenters. The smallest absolute Gasteiger partial charge is 0.181 e. The second-order valence-electron chi connectivity index (χ2n) is 3.09. The van der Waals surface area contributed by atoms with Gasteiger partial charge in [0.1, 0.15) is 11.3 Å². The van der Waals surface area contributed by atoms with Gasteiger partial charge in [-0.15, -0.1) is 0 Å². The molecule has 1 N–H and O–H groups in total. The summed E-state index contributed by atoms with van der Waals surface area (Å²) in [7, 11) is 0. The number of anilines is 1. The van der Waals surface area contributed by atoms with Crippen LogP contribution in [0.15, 0.2) is 29.0 Å². The van der Waals surface area contributed by atoms with Crippen LogP contribution >= 0.6 is 0 Å². The number of carbonyl (C=O) groups excluding carboxylic acids is 1. The summed E-state index contributed by atoms with van der Waals surface area (Å²) >= 11 is 0. The van der Waals surface area contributed by atoms with E-state index in [1.807, 2.05) is 18.2 Å². The second-order valence-corrected chi connectivity index (χ2v) is 3.09. The van der Waals surface area contributed by atoms with Crippen LogP contribution in [-0.4, -0.2) is 17.3 Å². The first-order valence-corrected chi connectivity index (χ1v) is 4.32. The van der Waals surface area contributed by atoms with E-state index in [4.69, 9.17) is 4.42 Å². The molecule has 0 aliphatic rings. The van der Waals surface area contributed by atoms with Crippen molar-refractivity contribution >= 4 is 22.6 Å². The summed E-state index contributed by atoms with van der Waals surface area (Å²) in [5, 5.41) is 2.99. The molecule has 14 heavy (non-hydrogen) atoms. The number of oxazole rings is 1. The molecule has 0 saturated carbocycles. The highest BCUT2D eigenvalue weighted by atomic mass is 16.3. The largest absolute Gasteiger partial charge is 0.443 e. The average Bonchev–Trinajstić information content (AvgIpc) is 2.61. The van der Waals surface area contributed by atoms with E-state index in [2.05, 4.69) is 10.3 Å². The highest BCUT2D eigenvalue weighted by Crippen LogP contribution is 2.17. The summed E-state index contributed by atoms with van der Waals surface area (Å²) in [5.41, 5.74) is 2.40. The zero-order chi connectivity index (χ0) is 9.97. The number of hydrogen-bond donors (Lipinski definition) is 1. The molecule has 0 saturated heterocycles. The van der Waals surface area contributed by atoms with Gasteiger partial charge in [-0.3, -0.25) is 4.79 Å². The molecule has 4 heteroatoms. The van der Waals surface area contributed by atoms with Crippen LogP contribution in [0.3, 0.4) is 0 Å². The van der Waals surface area contributed by atoms with Gasteiger partial charge in [0.05, 0.1) is 6.54 Å². The molecule has 0 spiro atoms. The number of fused-ring (bicyclic) bond motifs is 1. The Bertz CT molecular complexity index is 462. The number of nitrogens with zero attached hydrogens (tertiary/aromatic N) is 1. The molecule has 1 aromatic carbocycles. The molecule has 1 heterocycles. The number of nitrogens with one attached hydrogen (secondary N) is 1. The minimum Gasteiger partial charge on any atom is -0.443 e. The minimum atomic E-state index is 0.0997.